The van der Waals surface area contributed by atoms with Crippen molar-refractivity contribution in [3.8, 4) is 5.75 Å². The van der Waals surface area contributed by atoms with E-state index in [1.165, 1.54) is 0 Å². The van der Waals surface area contributed by atoms with Crippen molar-refractivity contribution in [1.82, 2.24) is 0 Å². The van der Waals surface area contributed by atoms with E-state index in [4.69, 9.17) is 45.3 Å². The molecule has 0 aliphatic carbocycles. The monoisotopic (exact) mass is 315 g/mol. The van der Waals surface area contributed by atoms with E-state index in [1.807, 2.05) is 18.2 Å². The van der Waals surface area contributed by atoms with Crippen molar-refractivity contribution < 1.29 is 4.74 Å². The molecule has 0 radical (unpaired) electrons. The molecule has 0 bridgehead atoms. The normalized spacial score (nSPS) is 12.2. The van der Waals surface area contributed by atoms with Gasteiger partial charge in [0.2, 0.25) is 0 Å². The van der Waals surface area contributed by atoms with Crippen molar-refractivity contribution in [2.75, 3.05) is 6.54 Å². The molecule has 1 atom stereocenters. The van der Waals surface area contributed by atoms with Crippen LogP contribution in [0.4, 0.5) is 0 Å². The molecule has 0 saturated carbocycles. The number of hydrogen-bond donors (Lipinski definition) is 1. The highest BCUT2D eigenvalue weighted by Crippen LogP contribution is 2.33. The van der Waals surface area contributed by atoms with Crippen molar-refractivity contribution in [1.29, 1.82) is 0 Å². The average molecular weight is 317 g/mol. The molecule has 2 nitrogen and oxygen atoms in total. The number of ether oxygens (including phenoxy) is 1. The minimum atomic E-state index is -0.371. The summed E-state index contributed by atoms with van der Waals surface area (Å²) in [5.41, 5.74) is 6.57. The van der Waals surface area contributed by atoms with E-state index >= 15 is 0 Å². The van der Waals surface area contributed by atoms with Crippen molar-refractivity contribution in [2.45, 2.75) is 6.10 Å². The molecule has 2 aromatic rings. The summed E-state index contributed by atoms with van der Waals surface area (Å²) in [5, 5.41) is 1.64. The quantitative estimate of drug-likeness (QED) is 0.885. The summed E-state index contributed by atoms with van der Waals surface area (Å²) >= 11 is 18.1. The molecule has 0 saturated heterocycles. The van der Waals surface area contributed by atoms with Crippen LogP contribution in [0.1, 0.15) is 11.7 Å². The van der Waals surface area contributed by atoms with E-state index < -0.39 is 0 Å². The van der Waals surface area contributed by atoms with E-state index in [0.717, 1.165) is 5.56 Å². The number of hydrogen-bond acceptors (Lipinski definition) is 2. The van der Waals surface area contributed by atoms with Gasteiger partial charge in [-0.05, 0) is 18.2 Å². The summed E-state index contributed by atoms with van der Waals surface area (Å²) < 4.78 is 5.82. The summed E-state index contributed by atoms with van der Waals surface area (Å²) in [4.78, 5) is 0. The average Bonchev–Trinajstić information content (AvgIpc) is 2.41. The minimum absolute atomic E-state index is 0.284. The first kappa shape index (κ1) is 14.5. The molecule has 0 aromatic heterocycles. The summed E-state index contributed by atoms with van der Waals surface area (Å²) in [6.07, 6.45) is -0.371. The van der Waals surface area contributed by atoms with Crippen LogP contribution in [0.3, 0.4) is 0 Å². The largest absolute Gasteiger partial charge is 0.483 e. The third kappa shape index (κ3) is 3.54. The molecule has 2 N–H and O–H groups in total. The first-order chi connectivity index (χ1) is 9.11. The SMILES string of the molecule is NCC(Oc1cc(Cl)ccc1Cl)c1ccccc1Cl. The smallest absolute Gasteiger partial charge is 0.140 e. The molecule has 19 heavy (non-hydrogen) atoms. The zero-order valence-corrected chi connectivity index (χ0v) is 12.2. The maximum absolute atomic E-state index is 6.14. The third-order valence-electron chi connectivity index (χ3n) is 2.63. The first-order valence-corrected chi connectivity index (χ1v) is 6.81. The van der Waals surface area contributed by atoms with Gasteiger partial charge in [-0.2, -0.15) is 0 Å². The minimum Gasteiger partial charge on any atom is -0.483 e. The molecule has 5 heteroatoms. The Balaban J connectivity index is 2.29. The van der Waals surface area contributed by atoms with E-state index in [2.05, 4.69) is 0 Å². The molecule has 0 heterocycles. The summed E-state index contributed by atoms with van der Waals surface area (Å²) in [6, 6.07) is 12.4. The highest BCUT2D eigenvalue weighted by molar-refractivity contribution is 6.34. The number of benzene rings is 2. The highest BCUT2D eigenvalue weighted by atomic mass is 35.5. The molecule has 1 unspecified atom stereocenters. The van der Waals surface area contributed by atoms with E-state index in [-0.39, 0.29) is 12.6 Å². The van der Waals surface area contributed by atoms with Crippen LogP contribution in [0, 0.1) is 0 Å². The molecule has 0 spiro atoms. The van der Waals surface area contributed by atoms with E-state index in [1.54, 1.807) is 24.3 Å². The van der Waals surface area contributed by atoms with Gasteiger partial charge < -0.3 is 10.5 Å². The van der Waals surface area contributed by atoms with Crippen molar-refractivity contribution in [3.63, 3.8) is 0 Å². The Morgan fingerprint density at radius 3 is 2.42 bits per heavy atom. The Kier molecular flexibility index (Phi) is 4.94. The van der Waals surface area contributed by atoms with Crippen LogP contribution in [0.15, 0.2) is 42.5 Å². The second-order valence-corrected chi connectivity index (χ2v) is 5.19. The van der Waals surface area contributed by atoms with Gasteiger partial charge >= 0.3 is 0 Å². The zero-order valence-electron chi connectivity index (χ0n) is 9.95. The molecule has 0 aliphatic rings. The van der Waals surface area contributed by atoms with Gasteiger partial charge in [-0.3, -0.25) is 0 Å². The first-order valence-electron chi connectivity index (χ1n) is 5.68. The third-order valence-corrected chi connectivity index (χ3v) is 3.52. The van der Waals surface area contributed by atoms with Crippen LogP contribution in [-0.4, -0.2) is 6.54 Å². The maximum atomic E-state index is 6.14. The van der Waals surface area contributed by atoms with Gasteiger partial charge in [-0.25, -0.2) is 0 Å². The van der Waals surface area contributed by atoms with Gasteiger partial charge in [0.25, 0.3) is 0 Å². The molecule has 100 valence electrons. The highest BCUT2D eigenvalue weighted by Gasteiger charge is 2.16. The topological polar surface area (TPSA) is 35.2 Å². The lowest BCUT2D eigenvalue weighted by Crippen LogP contribution is -2.19. The molecular formula is C14H12Cl3NO. The van der Waals surface area contributed by atoms with Gasteiger partial charge in [0, 0.05) is 28.2 Å². The van der Waals surface area contributed by atoms with Gasteiger partial charge in [0.1, 0.15) is 11.9 Å². The molecule has 0 fully saturated rings. The van der Waals surface area contributed by atoms with Crippen LogP contribution in [0.2, 0.25) is 15.1 Å². The molecule has 2 aromatic carbocycles. The Morgan fingerprint density at radius 1 is 1.00 bits per heavy atom. The van der Waals surface area contributed by atoms with Crippen molar-refractivity contribution in [3.05, 3.63) is 63.1 Å². The fraction of sp³-hybridized carbons (Fsp3) is 0.143. The number of rotatable bonds is 4. The lowest BCUT2D eigenvalue weighted by Gasteiger charge is -2.19. The summed E-state index contributed by atoms with van der Waals surface area (Å²) in [5.74, 6) is 0.490. The molecule has 0 aliphatic heterocycles. The summed E-state index contributed by atoms with van der Waals surface area (Å²) in [7, 11) is 0. The Labute approximate surface area is 127 Å². The predicted molar refractivity (Wildman–Crippen MR) is 80.3 cm³/mol. The Hall–Kier alpha value is -0.930. The van der Waals surface area contributed by atoms with E-state index in [0.29, 0.717) is 20.8 Å². The fourth-order valence-corrected chi connectivity index (χ4v) is 2.28. The molecular weight excluding hydrogens is 305 g/mol. The van der Waals surface area contributed by atoms with Crippen LogP contribution < -0.4 is 10.5 Å². The van der Waals surface area contributed by atoms with Crippen LogP contribution in [-0.2, 0) is 0 Å². The zero-order chi connectivity index (χ0) is 13.8. The lowest BCUT2D eigenvalue weighted by molar-refractivity contribution is 0.214. The lowest BCUT2D eigenvalue weighted by atomic mass is 10.1. The number of nitrogens with two attached hydrogens (primary N) is 1. The van der Waals surface area contributed by atoms with Crippen LogP contribution in [0.5, 0.6) is 5.75 Å². The van der Waals surface area contributed by atoms with Crippen molar-refractivity contribution in [2.24, 2.45) is 5.73 Å². The maximum Gasteiger partial charge on any atom is 0.140 e. The summed E-state index contributed by atoms with van der Waals surface area (Å²) in [6.45, 7) is 0.284. The fourth-order valence-electron chi connectivity index (χ4n) is 1.70. The van der Waals surface area contributed by atoms with Crippen LogP contribution in [0.25, 0.3) is 0 Å². The van der Waals surface area contributed by atoms with Crippen molar-refractivity contribution >= 4 is 34.8 Å². The van der Waals surface area contributed by atoms with Gasteiger partial charge in [0.15, 0.2) is 0 Å². The standard InChI is InChI=1S/C14H12Cl3NO/c15-9-5-6-12(17)13(7-9)19-14(8-18)10-3-1-2-4-11(10)16/h1-7,14H,8,18H2. The Morgan fingerprint density at radius 2 is 1.74 bits per heavy atom. The number of halogens is 3. The second kappa shape index (κ2) is 6.49. The van der Waals surface area contributed by atoms with Gasteiger partial charge in [-0.1, -0.05) is 53.0 Å². The molecule has 0 amide bonds. The second-order valence-electron chi connectivity index (χ2n) is 3.94. The van der Waals surface area contributed by atoms with Gasteiger partial charge in [-0.15, -0.1) is 0 Å². The van der Waals surface area contributed by atoms with Crippen LogP contribution >= 0.6 is 34.8 Å². The predicted octanol–water partition coefficient (Wildman–Crippen LogP) is 4.73. The Bertz CT molecular complexity index is 574. The van der Waals surface area contributed by atoms with E-state index in [9.17, 15) is 0 Å². The molecule has 2 rings (SSSR count). The van der Waals surface area contributed by atoms with Gasteiger partial charge in [0.05, 0.1) is 5.02 Å².